The van der Waals surface area contributed by atoms with Crippen LogP contribution in [0.15, 0.2) is 41.4 Å². The first-order valence-corrected chi connectivity index (χ1v) is 8.86. The largest absolute Gasteiger partial charge is 0.326 e. The third-order valence-electron chi connectivity index (χ3n) is 3.18. The van der Waals surface area contributed by atoms with Gasteiger partial charge in [0.25, 0.3) is 0 Å². The molecular formula is C15H19N5O4S. The zero-order valence-electron chi connectivity index (χ0n) is 14.0. The minimum absolute atomic E-state index is 0.0147. The summed E-state index contributed by atoms with van der Waals surface area (Å²) in [5, 5.41) is 9.06. The number of amides is 2. The first kappa shape index (κ1) is 18.6. The van der Waals surface area contributed by atoms with Crippen LogP contribution in [0.5, 0.6) is 0 Å². The van der Waals surface area contributed by atoms with E-state index in [1.807, 2.05) is 0 Å². The van der Waals surface area contributed by atoms with Crippen LogP contribution in [0.25, 0.3) is 0 Å². The molecule has 3 N–H and O–H groups in total. The lowest BCUT2D eigenvalue weighted by Gasteiger charge is -2.14. The van der Waals surface area contributed by atoms with Gasteiger partial charge in [0.1, 0.15) is 0 Å². The van der Waals surface area contributed by atoms with Crippen LogP contribution >= 0.6 is 0 Å². The molecule has 1 heterocycles. The van der Waals surface area contributed by atoms with Crippen LogP contribution in [0.2, 0.25) is 0 Å². The van der Waals surface area contributed by atoms with E-state index in [4.69, 9.17) is 0 Å². The standard InChI is InChI=1S/C15H19N5O4S/c1-10(15(22)17-14-8-9-20(3)18-14)19-25(23,24)13-6-4-12(5-7-13)16-11(2)21/h4-10,19H,1-3H3,(H,16,21)(H,17,18,22). The first-order valence-electron chi connectivity index (χ1n) is 7.38. The molecule has 0 saturated carbocycles. The molecule has 1 unspecified atom stereocenters. The van der Waals surface area contributed by atoms with Gasteiger partial charge in [0.15, 0.2) is 5.82 Å². The molecule has 0 aliphatic carbocycles. The average molecular weight is 365 g/mol. The summed E-state index contributed by atoms with van der Waals surface area (Å²) in [6, 6.07) is 6.22. The summed E-state index contributed by atoms with van der Waals surface area (Å²) in [5.41, 5.74) is 0.479. The predicted octanol–water partition coefficient (Wildman–Crippen LogP) is 0.684. The quantitative estimate of drug-likeness (QED) is 0.695. The second-order valence-corrected chi connectivity index (χ2v) is 7.13. The first-order chi connectivity index (χ1) is 11.7. The summed E-state index contributed by atoms with van der Waals surface area (Å²) in [4.78, 5) is 23.0. The maximum Gasteiger partial charge on any atom is 0.243 e. The Morgan fingerprint density at radius 2 is 1.76 bits per heavy atom. The van der Waals surface area contributed by atoms with Crippen LogP contribution in [-0.2, 0) is 26.7 Å². The fraction of sp³-hybridized carbons (Fsp3) is 0.267. The molecule has 0 radical (unpaired) electrons. The van der Waals surface area contributed by atoms with Crippen molar-refractivity contribution < 1.29 is 18.0 Å². The second kappa shape index (κ2) is 7.45. The fourth-order valence-electron chi connectivity index (χ4n) is 1.99. The third-order valence-corrected chi connectivity index (χ3v) is 4.73. The molecule has 134 valence electrons. The van der Waals surface area contributed by atoms with Crippen molar-refractivity contribution in [3.8, 4) is 0 Å². The van der Waals surface area contributed by atoms with E-state index < -0.39 is 22.0 Å². The summed E-state index contributed by atoms with van der Waals surface area (Å²) < 4.78 is 28.5. The predicted molar refractivity (Wildman–Crippen MR) is 92.4 cm³/mol. The number of nitrogens with one attached hydrogen (secondary N) is 3. The number of anilines is 2. The normalized spacial score (nSPS) is 12.4. The molecule has 25 heavy (non-hydrogen) atoms. The number of carbonyl (C=O) groups excluding carboxylic acids is 2. The van der Waals surface area contributed by atoms with E-state index in [2.05, 4.69) is 20.5 Å². The summed E-state index contributed by atoms with van der Waals surface area (Å²) in [7, 11) is -2.19. The molecular weight excluding hydrogens is 346 g/mol. The molecule has 10 heteroatoms. The van der Waals surface area contributed by atoms with E-state index in [-0.39, 0.29) is 10.8 Å². The fourth-order valence-corrected chi connectivity index (χ4v) is 3.19. The smallest absolute Gasteiger partial charge is 0.243 e. The monoisotopic (exact) mass is 365 g/mol. The number of hydrogen-bond acceptors (Lipinski definition) is 5. The van der Waals surface area contributed by atoms with Gasteiger partial charge in [-0.1, -0.05) is 0 Å². The molecule has 0 spiro atoms. The van der Waals surface area contributed by atoms with Crippen LogP contribution in [-0.4, -0.2) is 36.1 Å². The molecule has 1 atom stereocenters. The molecule has 0 aliphatic rings. The second-order valence-electron chi connectivity index (χ2n) is 5.41. The molecule has 0 bridgehead atoms. The Labute approximate surface area is 145 Å². The van der Waals surface area contributed by atoms with Gasteiger partial charge in [-0.25, -0.2) is 8.42 Å². The highest BCUT2D eigenvalue weighted by atomic mass is 32.2. The number of aromatic nitrogens is 2. The van der Waals surface area contributed by atoms with E-state index in [0.717, 1.165) is 0 Å². The number of hydrogen-bond donors (Lipinski definition) is 3. The SMILES string of the molecule is CC(=O)Nc1ccc(S(=O)(=O)NC(C)C(=O)Nc2ccn(C)n2)cc1. The number of benzene rings is 1. The van der Waals surface area contributed by atoms with Gasteiger partial charge >= 0.3 is 0 Å². The van der Waals surface area contributed by atoms with E-state index >= 15 is 0 Å². The lowest BCUT2D eigenvalue weighted by atomic mass is 10.3. The average Bonchev–Trinajstić information content (AvgIpc) is 2.91. The molecule has 0 saturated heterocycles. The maximum atomic E-state index is 12.3. The zero-order chi connectivity index (χ0) is 18.6. The summed E-state index contributed by atoms with van der Waals surface area (Å²) >= 11 is 0. The van der Waals surface area contributed by atoms with E-state index in [9.17, 15) is 18.0 Å². The molecule has 0 fully saturated rings. The minimum Gasteiger partial charge on any atom is -0.326 e. The van der Waals surface area contributed by atoms with Crippen LogP contribution in [0.4, 0.5) is 11.5 Å². The Balaban J connectivity index is 2.03. The van der Waals surface area contributed by atoms with Crippen molar-refractivity contribution >= 4 is 33.3 Å². The molecule has 0 aliphatic heterocycles. The third kappa shape index (κ3) is 5.13. The number of rotatable bonds is 6. The van der Waals surface area contributed by atoms with Gasteiger partial charge in [0.05, 0.1) is 10.9 Å². The summed E-state index contributed by atoms with van der Waals surface area (Å²) in [6.07, 6.45) is 1.65. The molecule has 2 rings (SSSR count). The van der Waals surface area contributed by atoms with Crippen LogP contribution in [0.1, 0.15) is 13.8 Å². The van der Waals surface area contributed by atoms with Crippen molar-refractivity contribution in [1.82, 2.24) is 14.5 Å². The zero-order valence-corrected chi connectivity index (χ0v) is 14.8. The number of sulfonamides is 1. The topological polar surface area (TPSA) is 122 Å². The van der Waals surface area contributed by atoms with Gasteiger partial charge in [-0.15, -0.1) is 0 Å². The summed E-state index contributed by atoms with van der Waals surface area (Å²) in [5.74, 6) is -0.455. The Morgan fingerprint density at radius 1 is 1.12 bits per heavy atom. The van der Waals surface area contributed by atoms with Crippen LogP contribution < -0.4 is 15.4 Å². The molecule has 2 aromatic rings. The van der Waals surface area contributed by atoms with E-state index in [1.54, 1.807) is 19.3 Å². The van der Waals surface area contributed by atoms with Gasteiger partial charge in [0, 0.05) is 31.9 Å². The highest BCUT2D eigenvalue weighted by molar-refractivity contribution is 7.89. The van der Waals surface area contributed by atoms with Gasteiger partial charge in [-0.3, -0.25) is 14.3 Å². The van der Waals surface area contributed by atoms with Gasteiger partial charge in [-0.05, 0) is 31.2 Å². The van der Waals surface area contributed by atoms with Gasteiger partial charge < -0.3 is 10.6 Å². The molecule has 2 amide bonds. The minimum atomic E-state index is -3.89. The molecule has 1 aromatic carbocycles. The van der Waals surface area contributed by atoms with Crippen LogP contribution in [0.3, 0.4) is 0 Å². The van der Waals surface area contributed by atoms with Crippen molar-refractivity contribution in [1.29, 1.82) is 0 Å². The number of carbonyl (C=O) groups is 2. The van der Waals surface area contributed by atoms with Crippen molar-refractivity contribution in [2.45, 2.75) is 24.8 Å². The number of nitrogens with zero attached hydrogens (tertiary/aromatic N) is 2. The van der Waals surface area contributed by atoms with E-state index in [1.165, 1.54) is 42.8 Å². The highest BCUT2D eigenvalue weighted by Crippen LogP contribution is 2.14. The van der Waals surface area contributed by atoms with Gasteiger partial charge in [0.2, 0.25) is 21.8 Å². The Hall–Kier alpha value is -2.72. The Bertz CT molecular complexity index is 874. The maximum absolute atomic E-state index is 12.3. The van der Waals surface area contributed by atoms with Crippen molar-refractivity contribution in [2.24, 2.45) is 7.05 Å². The van der Waals surface area contributed by atoms with E-state index in [0.29, 0.717) is 11.5 Å². The Kier molecular flexibility index (Phi) is 5.55. The molecule has 1 aromatic heterocycles. The van der Waals surface area contributed by atoms with Gasteiger partial charge in [-0.2, -0.15) is 9.82 Å². The lowest BCUT2D eigenvalue weighted by Crippen LogP contribution is -2.41. The lowest BCUT2D eigenvalue weighted by molar-refractivity contribution is -0.117. The number of aryl methyl sites for hydroxylation is 1. The van der Waals surface area contributed by atoms with Crippen molar-refractivity contribution in [3.63, 3.8) is 0 Å². The van der Waals surface area contributed by atoms with Crippen molar-refractivity contribution in [2.75, 3.05) is 10.6 Å². The summed E-state index contributed by atoms with van der Waals surface area (Å²) in [6.45, 7) is 2.79. The van der Waals surface area contributed by atoms with Crippen molar-refractivity contribution in [3.05, 3.63) is 36.5 Å². The highest BCUT2D eigenvalue weighted by Gasteiger charge is 2.22. The van der Waals surface area contributed by atoms with Crippen LogP contribution in [0, 0.1) is 0 Å². The Morgan fingerprint density at radius 3 is 2.28 bits per heavy atom. The molecule has 9 nitrogen and oxygen atoms in total.